The highest BCUT2D eigenvalue weighted by Gasteiger charge is 2.24. The van der Waals surface area contributed by atoms with Crippen LogP contribution in [0.15, 0.2) is 30.3 Å². The lowest BCUT2D eigenvalue weighted by Gasteiger charge is -2.32. The van der Waals surface area contributed by atoms with Crippen molar-refractivity contribution in [3.63, 3.8) is 0 Å². The second-order valence-corrected chi connectivity index (χ2v) is 7.09. The smallest absolute Gasteiger partial charge is 0.179 e. The first-order chi connectivity index (χ1) is 11.6. The van der Waals surface area contributed by atoms with Crippen LogP contribution < -0.4 is 0 Å². The summed E-state index contributed by atoms with van der Waals surface area (Å²) in [7, 11) is 2.00. The zero-order valence-electron chi connectivity index (χ0n) is 14.2. The molecule has 0 aliphatic carbocycles. The van der Waals surface area contributed by atoms with E-state index in [0.717, 1.165) is 54.1 Å². The summed E-state index contributed by atoms with van der Waals surface area (Å²) in [6.45, 7) is 5.27. The normalized spacial score (nSPS) is 16.9. The van der Waals surface area contributed by atoms with Gasteiger partial charge in [0.25, 0.3) is 0 Å². The Morgan fingerprint density at radius 3 is 2.62 bits per heavy atom. The van der Waals surface area contributed by atoms with Gasteiger partial charge in [-0.05, 0) is 37.5 Å². The highest BCUT2D eigenvalue weighted by molar-refractivity contribution is 7.71. The van der Waals surface area contributed by atoms with Crippen LogP contribution in [-0.2, 0) is 13.6 Å². The van der Waals surface area contributed by atoms with Gasteiger partial charge in [-0.1, -0.05) is 30.3 Å². The lowest BCUT2D eigenvalue weighted by molar-refractivity contribution is 0.180. The van der Waals surface area contributed by atoms with Crippen molar-refractivity contribution >= 4 is 23.4 Å². The molecule has 5 nitrogen and oxygen atoms in total. The van der Waals surface area contributed by atoms with Crippen LogP contribution in [0.25, 0.3) is 11.2 Å². The number of aryl methyl sites for hydroxylation is 2. The molecule has 0 atom stereocenters. The molecule has 0 radical (unpaired) electrons. The van der Waals surface area contributed by atoms with E-state index in [1.165, 1.54) is 5.56 Å². The number of nitrogens with one attached hydrogen (secondary N) is 1. The third kappa shape index (κ3) is 2.70. The van der Waals surface area contributed by atoms with Crippen LogP contribution in [0.4, 0.5) is 0 Å². The molecule has 3 heterocycles. The first-order valence-electron chi connectivity index (χ1n) is 8.53. The molecule has 126 valence electrons. The van der Waals surface area contributed by atoms with Crippen LogP contribution in [0.2, 0.25) is 0 Å². The summed E-state index contributed by atoms with van der Waals surface area (Å²) >= 11 is 5.59. The van der Waals surface area contributed by atoms with Crippen molar-refractivity contribution in [2.75, 3.05) is 13.1 Å². The van der Waals surface area contributed by atoms with Gasteiger partial charge in [0.05, 0.1) is 5.69 Å². The number of fused-ring (bicyclic) bond motifs is 1. The third-order valence-electron chi connectivity index (χ3n) is 5.04. The standard InChI is InChI=1S/C18H23N5S/c1-13-16-17(21(2)20-13)23(18(24)19-16)15-8-10-22(11-9-15)12-14-6-4-3-5-7-14/h3-7,15H,8-12H2,1-2H3,(H,19,24). The molecular formula is C18H23N5S. The fraction of sp³-hybridized carbons (Fsp3) is 0.444. The molecule has 0 saturated carbocycles. The van der Waals surface area contributed by atoms with E-state index in [1.54, 1.807) is 0 Å². The summed E-state index contributed by atoms with van der Waals surface area (Å²) < 4.78 is 5.06. The maximum Gasteiger partial charge on any atom is 0.179 e. The van der Waals surface area contributed by atoms with Gasteiger partial charge < -0.3 is 4.98 Å². The van der Waals surface area contributed by atoms with Gasteiger partial charge >= 0.3 is 0 Å². The Morgan fingerprint density at radius 2 is 1.92 bits per heavy atom. The number of imidazole rings is 1. The van der Waals surface area contributed by atoms with Crippen molar-refractivity contribution in [3.8, 4) is 0 Å². The Bertz CT molecular complexity index is 897. The number of rotatable bonds is 3. The maximum atomic E-state index is 5.59. The molecule has 24 heavy (non-hydrogen) atoms. The number of aromatic amines is 1. The molecule has 4 rings (SSSR count). The van der Waals surface area contributed by atoms with Crippen LogP contribution in [-0.4, -0.2) is 37.3 Å². The number of hydrogen-bond donors (Lipinski definition) is 1. The number of piperidine rings is 1. The fourth-order valence-electron chi connectivity index (χ4n) is 3.85. The molecule has 0 amide bonds. The summed E-state index contributed by atoms with van der Waals surface area (Å²) in [5, 5.41) is 4.53. The average Bonchev–Trinajstić information content (AvgIpc) is 3.06. The van der Waals surface area contributed by atoms with E-state index in [4.69, 9.17) is 12.2 Å². The molecule has 1 aliphatic heterocycles. The second-order valence-electron chi connectivity index (χ2n) is 6.70. The van der Waals surface area contributed by atoms with E-state index in [2.05, 4.69) is 49.9 Å². The van der Waals surface area contributed by atoms with Crippen molar-refractivity contribution in [1.82, 2.24) is 24.2 Å². The van der Waals surface area contributed by atoms with Crippen LogP contribution in [0.1, 0.15) is 30.1 Å². The summed E-state index contributed by atoms with van der Waals surface area (Å²) in [5.41, 5.74) is 4.60. The molecule has 1 N–H and O–H groups in total. The lowest BCUT2D eigenvalue weighted by Crippen LogP contribution is -2.34. The number of hydrogen-bond acceptors (Lipinski definition) is 3. The van der Waals surface area contributed by atoms with E-state index in [1.807, 2.05) is 18.7 Å². The van der Waals surface area contributed by atoms with Gasteiger partial charge in [-0.25, -0.2) is 0 Å². The minimum Gasteiger partial charge on any atom is -0.328 e. The minimum atomic E-state index is 0.452. The number of likely N-dealkylation sites (tertiary alicyclic amines) is 1. The highest BCUT2D eigenvalue weighted by atomic mass is 32.1. The summed E-state index contributed by atoms with van der Waals surface area (Å²) in [6, 6.07) is 11.2. The van der Waals surface area contributed by atoms with Crippen LogP contribution >= 0.6 is 12.2 Å². The quantitative estimate of drug-likeness (QED) is 0.741. The minimum absolute atomic E-state index is 0.452. The Morgan fingerprint density at radius 1 is 1.21 bits per heavy atom. The van der Waals surface area contributed by atoms with E-state index in [-0.39, 0.29) is 0 Å². The molecule has 1 aliphatic rings. The van der Waals surface area contributed by atoms with Gasteiger partial charge in [0.15, 0.2) is 10.4 Å². The largest absolute Gasteiger partial charge is 0.328 e. The molecule has 3 aromatic rings. The van der Waals surface area contributed by atoms with Crippen molar-refractivity contribution in [1.29, 1.82) is 0 Å². The fourth-order valence-corrected chi connectivity index (χ4v) is 4.19. The number of aromatic nitrogens is 4. The van der Waals surface area contributed by atoms with Gasteiger partial charge in [0, 0.05) is 32.7 Å². The average molecular weight is 341 g/mol. The second kappa shape index (κ2) is 6.18. The van der Waals surface area contributed by atoms with E-state index < -0.39 is 0 Å². The predicted molar refractivity (Wildman–Crippen MR) is 98.6 cm³/mol. The zero-order chi connectivity index (χ0) is 16.7. The van der Waals surface area contributed by atoms with E-state index in [0.29, 0.717) is 6.04 Å². The van der Waals surface area contributed by atoms with Crippen LogP contribution in [0.3, 0.4) is 0 Å². The molecule has 0 spiro atoms. The number of benzene rings is 1. The van der Waals surface area contributed by atoms with Crippen molar-refractivity contribution in [3.05, 3.63) is 46.4 Å². The van der Waals surface area contributed by atoms with Gasteiger partial charge in [-0.3, -0.25) is 14.1 Å². The van der Waals surface area contributed by atoms with Crippen LogP contribution in [0, 0.1) is 11.7 Å². The SMILES string of the molecule is Cc1nn(C)c2c1[nH]c(=S)n2C1CCN(Cc2ccccc2)CC1. The first kappa shape index (κ1) is 15.6. The zero-order valence-corrected chi connectivity index (χ0v) is 15.0. The summed E-state index contributed by atoms with van der Waals surface area (Å²) in [5.74, 6) is 0. The van der Waals surface area contributed by atoms with Gasteiger partial charge in [-0.15, -0.1) is 0 Å². The van der Waals surface area contributed by atoms with Crippen LogP contribution in [0.5, 0.6) is 0 Å². The Hall–Kier alpha value is -1.92. The topological polar surface area (TPSA) is 41.8 Å². The molecule has 1 aromatic carbocycles. The Kier molecular flexibility index (Phi) is 4.02. The van der Waals surface area contributed by atoms with Gasteiger partial charge in [-0.2, -0.15) is 5.10 Å². The third-order valence-corrected chi connectivity index (χ3v) is 5.34. The monoisotopic (exact) mass is 341 g/mol. The van der Waals surface area contributed by atoms with E-state index >= 15 is 0 Å². The first-order valence-corrected chi connectivity index (χ1v) is 8.94. The molecular weight excluding hydrogens is 318 g/mol. The number of H-pyrrole nitrogens is 1. The molecule has 6 heteroatoms. The Labute approximate surface area is 146 Å². The maximum absolute atomic E-state index is 5.59. The highest BCUT2D eigenvalue weighted by Crippen LogP contribution is 2.28. The van der Waals surface area contributed by atoms with Crippen molar-refractivity contribution in [2.45, 2.75) is 32.4 Å². The lowest BCUT2D eigenvalue weighted by atomic mass is 10.0. The molecule has 0 bridgehead atoms. The molecule has 0 unspecified atom stereocenters. The number of nitrogens with zero attached hydrogens (tertiary/aromatic N) is 4. The molecule has 1 saturated heterocycles. The van der Waals surface area contributed by atoms with Gasteiger partial charge in [0.1, 0.15) is 5.52 Å². The van der Waals surface area contributed by atoms with Crippen molar-refractivity contribution in [2.24, 2.45) is 7.05 Å². The molecule has 2 aromatic heterocycles. The summed E-state index contributed by atoms with van der Waals surface area (Å²) in [4.78, 5) is 5.88. The van der Waals surface area contributed by atoms with Gasteiger partial charge in [0.2, 0.25) is 0 Å². The molecule has 1 fully saturated rings. The van der Waals surface area contributed by atoms with E-state index in [9.17, 15) is 0 Å². The summed E-state index contributed by atoms with van der Waals surface area (Å²) in [6.07, 6.45) is 2.25. The Balaban J connectivity index is 1.52. The van der Waals surface area contributed by atoms with Crippen molar-refractivity contribution < 1.29 is 0 Å². The predicted octanol–water partition coefficient (Wildman–Crippen LogP) is 3.58.